The van der Waals surface area contributed by atoms with E-state index in [9.17, 15) is 4.79 Å². The molecule has 2 rings (SSSR count). The van der Waals surface area contributed by atoms with Crippen molar-refractivity contribution in [2.75, 3.05) is 7.11 Å². The maximum absolute atomic E-state index is 11.0. The van der Waals surface area contributed by atoms with Gasteiger partial charge in [-0.25, -0.2) is 0 Å². The number of carbonyl (C=O) groups excluding carboxylic acids is 1. The normalized spacial score (nSPS) is 35.8. The third-order valence-electron chi connectivity index (χ3n) is 3.58. The molecule has 2 aliphatic carbocycles. The molecular formula is C9H15NO2. The number of ether oxygens (including phenoxy) is 1. The third-order valence-corrected chi connectivity index (χ3v) is 3.58. The van der Waals surface area contributed by atoms with E-state index in [0.717, 1.165) is 6.42 Å². The molecule has 2 saturated carbocycles. The SMILES string of the molecule is COC(=O)CC1(N)CC12CCC2. The lowest BCUT2D eigenvalue weighted by molar-refractivity contribution is -0.141. The van der Waals surface area contributed by atoms with Crippen LogP contribution in [0.5, 0.6) is 0 Å². The first-order valence-corrected chi connectivity index (χ1v) is 4.48. The topological polar surface area (TPSA) is 52.3 Å². The summed E-state index contributed by atoms with van der Waals surface area (Å²) >= 11 is 0. The second kappa shape index (κ2) is 2.22. The molecule has 2 fully saturated rings. The Hall–Kier alpha value is -0.570. The van der Waals surface area contributed by atoms with Crippen LogP contribution in [0.1, 0.15) is 32.1 Å². The zero-order chi connectivity index (χ0) is 8.82. The smallest absolute Gasteiger partial charge is 0.307 e. The summed E-state index contributed by atoms with van der Waals surface area (Å²) in [7, 11) is 1.42. The zero-order valence-electron chi connectivity index (χ0n) is 7.43. The molecule has 0 heterocycles. The van der Waals surface area contributed by atoms with Crippen molar-refractivity contribution >= 4 is 5.97 Å². The molecule has 0 aromatic rings. The van der Waals surface area contributed by atoms with Gasteiger partial charge in [-0.3, -0.25) is 4.79 Å². The summed E-state index contributed by atoms with van der Waals surface area (Å²) in [6.07, 6.45) is 5.12. The molecule has 0 amide bonds. The van der Waals surface area contributed by atoms with Gasteiger partial charge in [0.25, 0.3) is 0 Å². The van der Waals surface area contributed by atoms with Crippen LogP contribution >= 0.6 is 0 Å². The molecule has 0 bridgehead atoms. The molecule has 68 valence electrons. The van der Waals surface area contributed by atoms with Crippen LogP contribution < -0.4 is 5.73 Å². The summed E-state index contributed by atoms with van der Waals surface area (Å²) in [6, 6.07) is 0. The summed E-state index contributed by atoms with van der Waals surface area (Å²) in [5.74, 6) is -0.165. The summed E-state index contributed by atoms with van der Waals surface area (Å²) in [5.41, 5.74) is 6.19. The lowest BCUT2D eigenvalue weighted by Gasteiger charge is -2.30. The Labute approximate surface area is 72.3 Å². The Morgan fingerprint density at radius 3 is 2.58 bits per heavy atom. The van der Waals surface area contributed by atoms with Gasteiger partial charge in [0.15, 0.2) is 0 Å². The molecule has 2 aliphatic rings. The number of methoxy groups -OCH3 is 1. The fourth-order valence-corrected chi connectivity index (χ4v) is 2.42. The third kappa shape index (κ3) is 0.891. The number of hydrogen-bond donors (Lipinski definition) is 1. The van der Waals surface area contributed by atoms with Crippen LogP contribution in [-0.2, 0) is 9.53 Å². The van der Waals surface area contributed by atoms with E-state index < -0.39 is 0 Å². The van der Waals surface area contributed by atoms with E-state index in [1.54, 1.807) is 0 Å². The number of rotatable bonds is 2. The van der Waals surface area contributed by atoms with Gasteiger partial charge in [0.05, 0.1) is 13.5 Å². The molecule has 0 radical (unpaired) electrons. The van der Waals surface area contributed by atoms with E-state index in [1.165, 1.54) is 26.4 Å². The predicted octanol–water partition coefficient (Wildman–Crippen LogP) is 0.821. The van der Waals surface area contributed by atoms with Gasteiger partial charge in [0.2, 0.25) is 0 Å². The number of hydrogen-bond acceptors (Lipinski definition) is 3. The molecule has 3 heteroatoms. The first kappa shape index (κ1) is 8.05. The Bertz CT molecular complexity index is 223. The second-order valence-corrected chi connectivity index (χ2v) is 4.22. The van der Waals surface area contributed by atoms with E-state index in [2.05, 4.69) is 4.74 Å². The quantitative estimate of drug-likeness (QED) is 0.623. The van der Waals surface area contributed by atoms with Gasteiger partial charge in [-0.2, -0.15) is 0 Å². The molecule has 0 saturated heterocycles. The summed E-state index contributed by atoms with van der Waals surface area (Å²) in [5, 5.41) is 0. The van der Waals surface area contributed by atoms with Crippen molar-refractivity contribution in [3.05, 3.63) is 0 Å². The lowest BCUT2D eigenvalue weighted by Crippen LogP contribution is -2.37. The standard InChI is InChI=1S/C9H15NO2/c1-12-7(11)5-9(10)6-8(9)3-2-4-8/h2-6,10H2,1H3. The molecule has 0 aromatic heterocycles. The minimum Gasteiger partial charge on any atom is -0.469 e. The van der Waals surface area contributed by atoms with Crippen LogP contribution in [0.4, 0.5) is 0 Å². The fourth-order valence-electron chi connectivity index (χ4n) is 2.42. The van der Waals surface area contributed by atoms with Crippen molar-refractivity contribution in [3.63, 3.8) is 0 Å². The maximum atomic E-state index is 11.0. The van der Waals surface area contributed by atoms with Gasteiger partial charge in [0.1, 0.15) is 0 Å². The van der Waals surface area contributed by atoms with Crippen molar-refractivity contribution in [1.29, 1.82) is 0 Å². The summed E-state index contributed by atoms with van der Waals surface area (Å²) in [6.45, 7) is 0. The van der Waals surface area contributed by atoms with Crippen molar-refractivity contribution in [1.82, 2.24) is 0 Å². The highest BCUT2D eigenvalue weighted by Crippen LogP contribution is 2.68. The minimum absolute atomic E-state index is 0.165. The van der Waals surface area contributed by atoms with E-state index in [4.69, 9.17) is 5.73 Å². The van der Waals surface area contributed by atoms with Gasteiger partial charge in [-0.1, -0.05) is 6.42 Å². The first-order chi connectivity index (χ1) is 5.62. The van der Waals surface area contributed by atoms with Gasteiger partial charge < -0.3 is 10.5 Å². The highest BCUT2D eigenvalue weighted by Gasteiger charge is 2.67. The number of carbonyl (C=O) groups is 1. The molecule has 0 aliphatic heterocycles. The Morgan fingerprint density at radius 1 is 1.58 bits per heavy atom. The van der Waals surface area contributed by atoms with Gasteiger partial charge in [0, 0.05) is 5.54 Å². The van der Waals surface area contributed by atoms with Gasteiger partial charge in [-0.05, 0) is 24.7 Å². The highest BCUT2D eigenvalue weighted by atomic mass is 16.5. The number of nitrogens with two attached hydrogens (primary N) is 1. The van der Waals surface area contributed by atoms with E-state index in [-0.39, 0.29) is 11.5 Å². The van der Waals surface area contributed by atoms with Crippen LogP contribution in [0.2, 0.25) is 0 Å². The van der Waals surface area contributed by atoms with Crippen LogP contribution in [0.3, 0.4) is 0 Å². The predicted molar refractivity (Wildman–Crippen MR) is 44.5 cm³/mol. The molecule has 1 unspecified atom stereocenters. The van der Waals surface area contributed by atoms with Gasteiger partial charge >= 0.3 is 5.97 Å². The van der Waals surface area contributed by atoms with Crippen LogP contribution in [0.15, 0.2) is 0 Å². The highest BCUT2D eigenvalue weighted by molar-refractivity contribution is 5.72. The first-order valence-electron chi connectivity index (χ1n) is 4.48. The largest absolute Gasteiger partial charge is 0.469 e. The van der Waals surface area contributed by atoms with E-state index >= 15 is 0 Å². The molecule has 2 N–H and O–H groups in total. The van der Waals surface area contributed by atoms with Crippen LogP contribution in [-0.4, -0.2) is 18.6 Å². The van der Waals surface area contributed by atoms with E-state index in [1.807, 2.05) is 0 Å². The van der Waals surface area contributed by atoms with Crippen LogP contribution in [0, 0.1) is 5.41 Å². The molecular weight excluding hydrogens is 154 g/mol. The fraction of sp³-hybridized carbons (Fsp3) is 0.889. The van der Waals surface area contributed by atoms with E-state index in [0.29, 0.717) is 11.8 Å². The molecule has 12 heavy (non-hydrogen) atoms. The molecule has 3 nitrogen and oxygen atoms in total. The monoisotopic (exact) mass is 169 g/mol. The van der Waals surface area contributed by atoms with Gasteiger partial charge in [-0.15, -0.1) is 0 Å². The molecule has 1 atom stereocenters. The summed E-state index contributed by atoms with van der Waals surface area (Å²) < 4.78 is 4.61. The Balaban J connectivity index is 1.93. The van der Waals surface area contributed by atoms with Crippen molar-refractivity contribution in [2.45, 2.75) is 37.6 Å². The maximum Gasteiger partial charge on any atom is 0.307 e. The average Bonchev–Trinajstić information content (AvgIpc) is 2.56. The summed E-state index contributed by atoms with van der Waals surface area (Å²) in [4.78, 5) is 11.0. The minimum atomic E-state index is -0.210. The van der Waals surface area contributed by atoms with Crippen molar-refractivity contribution in [3.8, 4) is 0 Å². The van der Waals surface area contributed by atoms with Crippen LogP contribution in [0.25, 0.3) is 0 Å². The lowest BCUT2D eigenvalue weighted by atomic mass is 9.77. The average molecular weight is 169 g/mol. The van der Waals surface area contributed by atoms with Crippen molar-refractivity contribution < 1.29 is 9.53 Å². The number of esters is 1. The molecule has 0 aromatic carbocycles. The van der Waals surface area contributed by atoms with Crippen molar-refractivity contribution in [2.24, 2.45) is 11.1 Å². The zero-order valence-corrected chi connectivity index (χ0v) is 7.43. The Kier molecular flexibility index (Phi) is 1.49. The molecule has 1 spiro atoms. The second-order valence-electron chi connectivity index (χ2n) is 4.22. The Morgan fingerprint density at radius 2 is 2.25 bits per heavy atom.